The number of benzene rings is 1. The van der Waals surface area contributed by atoms with E-state index >= 15 is 0 Å². The zero-order valence-electron chi connectivity index (χ0n) is 11.4. The van der Waals surface area contributed by atoms with E-state index in [-0.39, 0.29) is 17.8 Å². The van der Waals surface area contributed by atoms with Crippen molar-refractivity contribution in [2.24, 2.45) is 0 Å². The number of hydrogen-bond donors (Lipinski definition) is 0. The van der Waals surface area contributed by atoms with Crippen molar-refractivity contribution >= 4 is 0 Å². The quantitative estimate of drug-likeness (QED) is 0.822. The van der Waals surface area contributed by atoms with Gasteiger partial charge in [0.2, 0.25) is 5.82 Å². The van der Waals surface area contributed by atoms with E-state index in [0.29, 0.717) is 12.2 Å². The van der Waals surface area contributed by atoms with E-state index in [1.54, 1.807) is 6.07 Å². The number of methoxy groups -OCH3 is 1. The van der Waals surface area contributed by atoms with Gasteiger partial charge in [-0.15, -0.1) is 0 Å². The lowest BCUT2D eigenvalue weighted by atomic mass is 9.90. The van der Waals surface area contributed by atoms with Crippen LogP contribution in [-0.2, 0) is 4.74 Å². The molecule has 0 spiro atoms. The highest BCUT2D eigenvalue weighted by molar-refractivity contribution is 5.33. The summed E-state index contributed by atoms with van der Waals surface area (Å²) in [5, 5.41) is 0. The molecule has 1 heterocycles. The molecule has 1 saturated heterocycles. The first-order valence-electron chi connectivity index (χ1n) is 6.80. The summed E-state index contributed by atoms with van der Waals surface area (Å²) >= 11 is 0. The molecule has 0 aliphatic carbocycles. The maximum Gasteiger partial charge on any atom is 0.200 e. The Labute approximate surface area is 112 Å². The minimum absolute atomic E-state index is 0.0539. The van der Waals surface area contributed by atoms with Gasteiger partial charge in [0.25, 0.3) is 0 Å². The molecule has 1 aromatic rings. The Morgan fingerprint density at radius 2 is 2.05 bits per heavy atom. The molecule has 1 aliphatic rings. The van der Waals surface area contributed by atoms with Crippen molar-refractivity contribution in [2.75, 3.05) is 13.7 Å². The summed E-state index contributed by atoms with van der Waals surface area (Å²) in [6.07, 6.45) is 4.14. The second-order valence-corrected chi connectivity index (χ2v) is 5.00. The number of halogens is 2. The number of hydrogen-bond acceptors (Lipinski definition) is 2. The Bertz CT molecular complexity index is 426. The first-order chi connectivity index (χ1) is 9.17. The molecule has 2 unspecified atom stereocenters. The zero-order valence-corrected chi connectivity index (χ0v) is 11.4. The van der Waals surface area contributed by atoms with Gasteiger partial charge in [0.05, 0.1) is 19.8 Å². The van der Waals surface area contributed by atoms with E-state index in [1.807, 2.05) is 0 Å². The zero-order chi connectivity index (χ0) is 13.8. The minimum Gasteiger partial charge on any atom is -0.494 e. The fourth-order valence-corrected chi connectivity index (χ4v) is 2.62. The van der Waals surface area contributed by atoms with Gasteiger partial charge in [0.15, 0.2) is 11.6 Å². The Morgan fingerprint density at radius 1 is 1.26 bits per heavy atom. The standard InChI is InChI=1S/C15H20F2O2/c1-3-4-11-6-5-10(9-19-11)12-7-8-13(18-2)15(17)14(12)16/h7-8,10-11H,3-6,9H2,1-2H3. The summed E-state index contributed by atoms with van der Waals surface area (Å²) in [6.45, 7) is 2.58. The number of rotatable bonds is 4. The Kier molecular flexibility index (Phi) is 4.75. The van der Waals surface area contributed by atoms with Crippen LogP contribution in [0, 0.1) is 11.6 Å². The molecule has 0 amide bonds. The Hall–Kier alpha value is -1.16. The average molecular weight is 270 g/mol. The van der Waals surface area contributed by atoms with Gasteiger partial charge in [0, 0.05) is 5.92 Å². The van der Waals surface area contributed by atoms with Crippen molar-refractivity contribution < 1.29 is 18.3 Å². The third-order valence-electron chi connectivity index (χ3n) is 3.72. The minimum atomic E-state index is -0.907. The van der Waals surface area contributed by atoms with Crippen molar-refractivity contribution in [1.82, 2.24) is 0 Å². The van der Waals surface area contributed by atoms with Gasteiger partial charge >= 0.3 is 0 Å². The normalized spacial score (nSPS) is 23.4. The first kappa shape index (κ1) is 14.3. The summed E-state index contributed by atoms with van der Waals surface area (Å²) in [5.41, 5.74) is 0.397. The van der Waals surface area contributed by atoms with E-state index in [1.165, 1.54) is 13.2 Å². The van der Waals surface area contributed by atoms with Gasteiger partial charge in [0.1, 0.15) is 0 Å². The maximum absolute atomic E-state index is 14.0. The number of ether oxygens (including phenoxy) is 2. The van der Waals surface area contributed by atoms with Crippen LogP contribution in [-0.4, -0.2) is 19.8 Å². The van der Waals surface area contributed by atoms with Gasteiger partial charge in [-0.3, -0.25) is 0 Å². The monoisotopic (exact) mass is 270 g/mol. The smallest absolute Gasteiger partial charge is 0.200 e. The molecule has 1 aromatic carbocycles. The fraction of sp³-hybridized carbons (Fsp3) is 0.600. The van der Waals surface area contributed by atoms with Gasteiger partial charge in [-0.2, -0.15) is 4.39 Å². The van der Waals surface area contributed by atoms with Crippen molar-refractivity contribution in [3.8, 4) is 5.75 Å². The van der Waals surface area contributed by atoms with E-state index < -0.39 is 11.6 Å². The van der Waals surface area contributed by atoms with Gasteiger partial charge in [-0.25, -0.2) is 4.39 Å². The summed E-state index contributed by atoms with van der Waals surface area (Å²) in [5.74, 6) is -1.83. The molecule has 1 fully saturated rings. The van der Waals surface area contributed by atoms with Crippen LogP contribution in [0.2, 0.25) is 0 Å². The SMILES string of the molecule is CCCC1CCC(c2ccc(OC)c(F)c2F)CO1. The van der Waals surface area contributed by atoms with E-state index in [4.69, 9.17) is 9.47 Å². The van der Waals surface area contributed by atoms with Crippen molar-refractivity contribution in [2.45, 2.75) is 44.6 Å². The molecule has 0 saturated carbocycles. The average Bonchev–Trinajstić information content (AvgIpc) is 2.43. The molecule has 0 radical (unpaired) electrons. The predicted molar refractivity (Wildman–Crippen MR) is 69.5 cm³/mol. The summed E-state index contributed by atoms with van der Waals surface area (Å²) in [7, 11) is 1.33. The van der Waals surface area contributed by atoms with Crippen LogP contribution in [0.25, 0.3) is 0 Å². The van der Waals surface area contributed by atoms with Crippen LogP contribution >= 0.6 is 0 Å². The first-order valence-corrected chi connectivity index (χ1v) is 6.80. The van der Waals surface area contributed by atoms with Crippen LogP contribution in [0.1, 0.15) is 44.1 Å². The topological polar surface area (TPSA) is 18.5 Å². The third-order valence-corrected chi connectivity index (χ3v) is 3.72. The predicted octanol–water partition coefficient (Wildman–Crippen LogP) is 4.04. The highest BCUT2D eigenvalue weighted by atomic mass is 19.2. The van der Waals surface area contributed by atoms with Gasteiger partial charge < -0.3 is 9.47 Å². The van der Waals surface area contributed by atoms with Gasteiger partial charge in [-0.05, 0) is 30.9 Å². The van der Waals surface area contributed by atoms with Crippen molar-refractivity contribution in [3.63, 3.8) is 0 Å². The van der Waals surface area contributed by atoms with Crippen LogP contribution in [0.4, 0.5) is 8.78 Å². The van der Waals surface area contributed by atoms with Gasteiger partial charge in [-0.1, -0.05) is 19.4 Å². The molecule has 2 nitrogen and oxygen atoms in total. The molecule has 0 N–H and O–H groups in total. The van der Waals surface area contributed by atoms with Crippen LogP contribution in [0.15, 0.2) is 12.1 Å². The molecule has 2 atom stereocenters. The molecule has 0 aromatic heterocycles. The largest absolute Gasteiger partial charge is 0.494 e. The molecular weight excluding hydrogens is 250 g/mol. The summed E-state index contributed by atoms with van der Waals surface area (Å²) < 4.78 is 38.1. The molecule has 1 aliphatic heterocycles. The maximum atomic E-state index is 14.0. The van der Waals surface area contributed by atoms with E-state index in [2.05, 4.69) is 6.92 Å². The summed E-state index contributed by atoms with van der Waals surface area (Å²) in [6, 6.07) is 3.08. The summed E-state index contributed by atoms with van der Waals surface area (Å²) in [4.78, 5) is 0. The van der Waals surface area contributed by atoms with Crippen molar-refractivity contribution in [1.29, 1.82) is 0 Å². The molecule has 4 heteroatoms. The van der Waals surface area contributed by atoms with Crippen LogP contribution in [0.5, 0.6) is 5.75 Å². The Morgan fingerprint density at radius 3 is 2.63 bits per heavy atom. The molecule has 0 bridgehead atoms. The molecule has 2 rings (SSSR count). The second kappa shape index (κ2) is 6.33. The lowest BCUT2D eigenvalue weighted by molar-refractivity contribution is -0.00184. The van der Waals surface area contributed by atoms with Crippen LogP contribution < -0.4 is 4.74 Å². The highest BCUT2D eigenvalue weighted by Gasteiger charge is 2.26. The molecule has 106 valence electrons. The highest BCUT2D eigenvalue weighted by Crippen LogP contribution is 2.34. The second-order valence-electron chi connectivity index (χ2n) is 5.00. The lowest BCUT2D eigenvalue weighted by Gasteiger charge is -2.29. The van der Waals surface area contributed by atoms with E-state index in [0.717, 1.165) is 25.7 Å². The van der Waals surface area contributed by atoms with Crippen LogP contribution in [0.3, 0.4) is 0 Å². The Balaban J connectivity index is 2.09. The third kappa shape index (κ3) is 3.06. The van der Waals surface area contributed by atoms with E-state index in [9.17, 15) is 8.78 Å². The fourth-order valence-electron chi connectivity index (χ4n) is 2.62. The van der Waals surface area contributed by atoms with Crippen molar-refractivity contribution in [3.05, 3.63) is 29.3 Å². The lowest BCUT2D eigenvalue weighted by Crippen LogP contribution is -2.25. The molecular formula is C15H20F2O2. The molecule has 19 heavy (non-hydrogen) atoms.